The van der Waals surface area contributed by atoms with Crippen molar-refractivity contribution in [1.82, 2.24) is 15.5 Å². The smallest absolute Gasteiger partial charge is 0.260 e. The summed E-state index contributed by atoms with van der Waals surface area (Å²) in [4.78, 5) is 14.3. The van der Waals surface area contributed by atoms with Gasteiger partial charge in [-0.1, -0.05) is 18.2 Å². The van der Waals surface area contributed by atoms with E-state index in [0.717, 1.165) is 24.3 Å². The van der Waals surface area contributed by atoms with Crippen LogP contribution in [0.5, 0.6) is 0 Å². The molecule has 1 aliphatic heterocycles. The monoisotopic (exact) mass is 254 g/mol. The first kappa shape index (κ1) is 11.8. The van der Waals surface area contributed by atoms with Crippen LogP contribution in [0.4, 0.5) is 5.69 Å². The van der Waals surface area contributed by atoms with Crippen molar-refractivity contribution >= 4 is 11.6 Å². The molecule has 0 bridgehead atoms. The van der Waals surface area contributed by atoms with Gasteiger partial charge >= 0.3 is 0 Å². The fraction of sp³-hybridized carbons (Fsp3) is 0.214. The van der Waals surface area contributed by atoms with Crippen LogP contribution in [0.3, 0.4) is 0 Å². The van der Waals surface area contributed by atoms with E-state index in [2.05, 4.69) is 15.5 Å². The maximum Gasteiger partial charge on any atom is 0.260 e. The molecule has 0 saturated heterocycles. The maximum absolute atomic E-state index is 12.5. The van der Waals surface area contributed by atoms with Crippen LogP contribution in [0, 0.1) is 0 Å². The molecule has 0 unspecified atom stereocenters. The second kappa shape index (κ2) is 5.16. The maximum atomic E-state index is 12.5. The Morgan fingerprint density at radius 1 is 1.21 bits per heavy atom. The molecule has 5 nitrogen and oxygen atoms in total. The molecule has 0 atom stereocenters. The highest BCUT2D eigenvalue weighted by atomic mass is 16.2. The van der Waals surface area contributed by atoms with Gasteiger partial charge in [-0.15, -0.1) is 0 Å². The number of rotatable bonds is 1. The number of hydrogen-bond acceptors (Lipinski definition) is 4. The van der Waals surface area contributed by atoms with E-state index in [0.29, 0.717) is 12.1 Å². The van der Waals surface area contributed by atoms with Crippen LogP contribution < -0.4 is 10.2 Å². The minimum Gasteiger partial charge on any atom is -0.311 e. The van der Waals surface area contributed by atoms with Crippen LogP contribution in [0.2, 0.25) is 0 Å². The quantitative estimate of drug-likeness (QED) is 0.831. The highest BCUT2D eigenvalue weighted by Gasteiger charge is 2.21. The van der Waals surface area contributed by atoms with Gasteiger partial charge in [0.25, 0.3) is 5.91 Å². The molecule has 0 radical (unpaired) electrons. The number of carbonyl (C=O) groups excluding carboxylic acids is 1. The Morgan fingerprint density at radius 2 is 2.11 bits per heavy atom. The predicted molar refractivity (Wildman–Crippen MR) is 71.9 cm³/mol. The summed E-state index contributed by atoms with van der Waals surface area (Å²) < 4.78 is 0. The van der Waals surface area contributed by atoms with E-state index in [1.807, 2.05) is 24.3 Å². The topological polar surface area (TPSA) is 58.1 Å². The molecule has 1 aliphatic rings. The van der Waals surface area contributed by atoms with Crippen LogP contribution in [0.25, 0.3) is 0 Å². The summed E-state index contributed by atoms with van der Waals surface area (Å²) >= 11 is 0. The van der Waals surface area contributed by atoms with Crippen molar-refractivity contribution in [3.05, 3.63) is 53.9 Å². The van der Waals surface area contributed by atoms with Gasteiger partial charge in [0.2, 0.25) is 0 Å². The van der Waals surface area contributed by atoms with E-state index in [1.54, 1.807) is 11.0 Å². The Kier molecular flexibility index (Phi) is 3.20. The molecule has 0 spiro atoms. The summed E-state index contributed by atoms with van der Waals surface area (Å²) in [6.07, 6.45) is 3.04. The lowest BCUT2D eigenvalue weighted by molar-refractivity contribution is 0.0987. The summed E-state index contributed by atoms with van der Waals surface area (Å²) in [6, 6.07) is 9.65. The zero-order valence-corrected chi connectivity index (χ0v) is 10.4. The third-order valence-electron chi connectivity index (χ3n) is 3.19. The van der Waals surface area contributed by atoms with Crippen molar-refractivity contribution in [3.8, 4) is 0 Å². The zero-order valence-electron chi connectivity index (χ0n) is 10.4. The lowest BCUT2D eigenvalue weighted by atomic mass is 10.1. The molecule has 3 rings (SSSR count). The van der Waals surface area contributed by atoms with Gasteiger partial charge in [0, 0.05) is 25.3 Å². The first-order valence-corrected chi connectivity index (χ1v) is 6.23. The number of aromatic nitrogens is 2. The fourth-order valence-corrected chi connectivity index (χ4v) is 2.24. The van der Waals surface area contributed by atoms with Crippen molar-refractivity contribution in [1.29, 1.82) is 0 Å². The average molecular weight is 254 g/mol. The number of nitrogens with one attached hydrogen (secondary N) is 1. The Balaban J connectivity index is 1.99. The minimum atomic E-state index is -0.0361. The molecule has 5 heteroatoms. The zero-order chi connectivity index (χ0) is 13.1. The second-order valence-electron chi connectivity index (χ2n) is 4.39. The predicted octanol–water partition coefficient (Wildman–Crippen LogP) is 1.23. The van der Waals surface area contributed by atoms with Crippen molar-refractivity contribution in [2.75, 3.05) is 18.0 Å². The molecule has 1 amide bonds. The van der Waals surface area contributed by atoms with Gasteiger partial charge in [0.1, 0.15) is 0 Å². The summed E-state index contributed by atoms with van der Waals surface area (Å²) in [5.41, 5.74) is 2.66. The highest BCUT2D eigenvalue weighted by molar-refractivity contribution is 6.06. The SMILES string of the molecule is O=C(c1ccnnc1)N1CCNCc2ccccc21. The van der Waals surface area contributed by atoms with E-state index in [9.17, 15) is 4.79 Å². The van der Waals surface area contributed by atoms with Gasteiger partial charge in [-0.2, -0.15) is 10.2 Å². The number of nitrogens with zero attached hydrogens (tertiary/aromatic N) is 3. The number of para-hydroxylation sites is 1. The van der Waals surface area contributed by atoms with Gasteiger partial charge in [-0.3, -0.25) is 4.79 Å². The van der Waals surface area contributed by atoms with Crippen molar-refractivity contribution < 1.29 is 4.79 Å². The molecule has 0 fully saturated rings. The minimum absolute atomic E-state index is 0.0361. The first-order valence-electron chi connectivity index (χ1n) is 6.23. The Labute approximate surface area is 111 Å². The molecular weight excluding hydrogens is 240 g/mol. The molecule has 1 N–H and O–H groups in total. The molecule has 1 aromatic carbocycles. The molecule has 1 aromatic heterocycles. The third kappa shape index (κ3) is 2.32. The lowest BCUT2D eigenvalue weighted by Crippen LogP contribution is -2.34. The fourth-order valence-electron chi connectivity index (χ4n) is 2.24. The van der Waals surface area contributed by atoms with E-state index in [1.165, 1.54) is 12.4 Å². The molecule has 96 valence electrons. The van der Waals surface area contributed by atoms with Crippen LogP contribution in [0.1, 0.15) is 15.9 Å². The normalized spacial score (nSPS) is 14.6. The van der Waals surface area contributed by atoms with E-state index in [4.69, 9.17) is 0 Å². The number of hydrogen-bond donors (Lipinski definition) is 1. The molecule has 0 saturated carbocycles. The van der Waals surface area contributed by atoms with Gasteiger partial charge in [-0.25, -0.2) is 0 Å². The average Bonchev–Trinajstić information content (AvgIpc) is 2.70. The van der Waals surface area contributed by atoms with Crippen molar-refractivity contribution in [2.45, 2.75) is 6.54 Å². The Bertz CT molecular complexity index is 585. The van der Waals surface area contributed by atoms with E-state index < -0.39 is 0 Å². The number of amides is 1. The van der Waals surface area contributed by atoms with Crippen LogP contribution in [-0.4, -0.2) is 29.2 Å². The Hall–Kier alpha value is -2.27. The number of carbonyl (C=O) groups is 1. The largest absolute Gasteiger partial charge is 0.311 e. The Morgan fingerprint density at radius 3 is 2.95 bits per heavy atom. The van der Waals surface area contributed by atoms with Crippen molar-refractivity contribution in [3.63, 3.8) is 0 Å². The molecule has 0 aliphatic carbocycles. The van der Waals surface area contributed by atoms with Gasteiger partial charge in [0.05, 0.1) is 18.0 Å². The van der Waals surface area contributed by atoms with Crippen LogP contribution >= 0.6 is 0 Å². The lowest BCUT2D eigenvalue weighted by Gasteiger charge is -2.22. The van der Waals surface area contributed by atoms with Crippen LogP contribution in [0.15, 0.2) is 42.7 Å². The van der Waals surface area contributed by atoms with Crippen LogP contribution in [-0.2, 0) is 6.54 Å². The molecule has 2 heterocycles. The summed E-state index contributed by atoms with van der Waals surface area (Å²) in [7, 11) is 0. The number of anilines is 1. The molecular formula is C14H14N4O. The van der Waals surface area contributed by atoms with Gasteiger partial charge in [-0.05, 0) is 17.7 Å². The molecule has 19 heavy (non-hydrogen) atoms. The standard InChI is InChI=1S/C14H14N4O/c19-14(12-5-6-16-17-10-12)18-8-7-15-9-11-3-1-2-4-13(11)18/h1-6,10,15H,7-9H2. The second-order valence-corrected chi connectivity index (χ2v) is 4.39. The number of benzene rings is 1. The first-order chi connectivity index (χ1) is 9.36. The van der Waals surface area contributed by atoms with E-state index >= 15 is 0 Å². The van der Waals surface area contributed by atoms with Crippen molar-refractivity contribution in [2.24, 2.45) is 0 Å². The van der Waals surface area contributed by atoms with Gasteiger partial charge < -0.3 is 10.2 Å². The molecule has 2 aromatic rings. The van der Waals surface area contributed by atoms with Gasteiger partial charge in [0.15, 0.2) is 0 Å². The highest BCUT2D eigenvalue weighted by Crippen LogP contribution is 2.23. The number of fused-ring (bicyclic) bond motifs is 1. The van der Waals surface area contributed by atoms with E-state index in [-0.39, 0.29) is 5.91 Å². The third-order valence-corrected chi connectivity index (χ3v) is 3.19. The summed E-state index contributed by atoms with van der Waals surface area (Å²) in [6.45, 7) is 2.21. The summed E-state index contributed by atoms with van der Waals surface area (Å²) in [5, 5.41) is 10.8. The summed E-state index contributed by atoms with van der Waals surface area (Å²) in [5.74, 6) is -0.0361.